The maximum absolute atomic E-state index is 12.4. The molecule has 25 heavy (non-hydrogen) atoms. The molecule has 1 aromatic carbocycles. The molecule has 0 spiro atoms. The number of para-hydroxylation sites is 1. The maximum Gasteiger partial charge on any atom is 0.253 e. The fourth-order valence-corrected chi connectivity index (χ4v) is 4.88. The third-order valence-corrected chi connectivity index (χ3v) is 6.32. The van der Waals surface area contributed by atoms with Crippen molar-refractivity contribution in [1.29, 1.82) is 0 Å². The maximum atomic E-state index is 12.4. The van der Waals surface area contributed by atoms with Crippen LogP contribution in [0.4, 0.5) is 5.69 Å². The molecule has 2 aliphatic heterocycles. The van der Waals surface area contributed by atoms with Crippen molar-refractivity contribution in [3.05, 3.63) is 29.8 Å². The minimum atomic E-state index is -3.13. The Hall–Kier alpha value is -1.93. The molecule has 7 nitrogen and oxygen atoms in total. The van der Waals surface area contributed by atoms with E-state index >= 15 is 0 Å². The third-order valence-electron chi connectivity index (χ3n) is 4.55. The molecule has 2 unspecified atom stereocenters. The highest BCUT2D eigenvalue weighted by atomic mass is 32.2. The van der Waals surface area contributed by atoms with Crippen LogP contribution in [0.1, 0.15) is 29.6 Å². The van der Waals surface area contributed by atoms with Gasteiger partial charge in [0.2, 0.25) is 5.91 Å². The average Bonchev–Trinajstić information content (AvgIpc) is 3.22. The van der Waals surface area contributed by atoms with Gasteiger partial charge in [0.1, 0.15) is 0 Å². The van der Waals surface area contributed by atoms with Crippen LogP contribution < -0.4 is 10.6 Å². The van der Waals surface area contributed by atoms with Crippen LogP contribution >= 0.6 is 0 Å². The lowest BCUT2D eigenvalue weighted by Gasteiger charge is -2.15. The van der Waals surface area contributed by atoms with Crippen LogP contribution in [0, 0.1) is 5.92 Å². The summed E-state index contributed by atoms with van der Waals surface area (Å²) in [4.78, 5) is 24.7. The summed E-state index contributed by atoms with van der Waals surface area (Å²) in [5.41, 5.74) is 0.747. The van der Waals surface area contributed by atoms with Crippen molar-refractivity contribution in [3.8, 4) is 0 Å². The van der Waals surface area contributed by atoms with Crippen LogP contribution in [0.25, 0.3) is 0 Å². The summed E-state index contributed by atoms with van der Waals surface area (Å²) in [6.45, 7) is 1.15. The van der Waals surface area contributed by atoms with Gasteiger partial charge >= 0.3 is 0 Å². The highest BCUT2D eigenvalue weighted by Gasteiger charge is 2.33. The Morgan fingerprint density at radius 3 is 2.68 bits per heavy atom. The van der Waals surface area contributed by atoms with E-state index in [4.69, 9.17) is 4.74 Å². The van der Waals surface area contributed by atoms with Gasteiger partial charge in [-0.2, -0.15) is 0 Å². The predicted octanol–water partition coefficient (Wildman–Crippen LogP) is 0.969. The molecule has 0 bridgehead atoms. The Labute approximate surface area is 147 Å². The van der Waals surface area contributed by atoms with Crippen molar-refractivity contribution < 1.29 is 22.7 Å². The van der Waals surface area contributed by atoms with E-state index in [1.807, 2.05) is 0 Å². The molecule has 136 valence electrons. The summed E-state index contributed by atoms with van der Waals surface area (Å²) < 4.78 is 28.5. The van der Waals surface area contributed by atoms with E-state index in [2.05, 4.69) is 10.6 Å². The average molecular weight is 366 g/mol. The smallest absolute Gasteiger partial charge is 0.253 e. The van der Waals surface area contributed by atoms with Gasteiger partial charge in [-0.05, 0) is 31.4 Å². The number of sulfone groups is 1. The Morgan fingerprint density at radius 2 is 2.00 bits per heavy atom. The zero-order valence-electron chi connectivity index (χ0n) is 13.9. The fourth-order valence-electron chi connectivity index (χ4n) is 3.13. The molecular formula is C17H22N2O5S. The van der Waals surface area contributed by atoms with E-state index in [0.29, 0.717) is 24.2 Å². The lowest BCUT2D eigenvalue weighted by atomic mass is 10.1. The van der Waals surface area contributed by atoms with E-state index in [1.54, 1.807) is 24.3 Å². The van der Waals surface area contributed by atoms with Crippen LogP contribution in [-0.4, -0.2) is 51.0 Å². The molecule has 2 fully saturated rings. The highest BCUT2D eigenvalue weighted by molar-refractivity contribution is 7.91. The van der Waals surface area contributed by atoms with E-state index in [0.717, 1.165) is 19.4 Å². The van der Waals surface area contributed by atoms with Crippen LogP contribution in [0.5, 0.6) is 0 Å². The summed E-state index contributed by atoms with van der Waals surface area (Å²) in [5, 5.41) is 5.53. The largest absolute Gasteiger partial charge is 0.376 e. The molecule has 2 N–H and O–H groups in total. The number of ether oxygens (including phenoxy) is 1. The number of carbonyl (C=O) groups is 2. The Bertz CT molecular complexity index is 756. The quantitative estimate of drug-likeness (QED) is 0.808. The molecule has 3 rings (SSSR count). The number of benzene rings is 1. The van der Waals surface area contributed by atoms with E-state index in [-0.39, 0.29) is 29.4 Å². The number of amides is 2. The SMILES string of the molecule is O=C(NCC1CCCO1)c1ccccc1NC(=O)C1CCS(=O)(=O)C1. The molecule has 2 amide bonds. The summed E-state index contributed by atoms with van der Waals surface area (Å²) in [7, 11) is -3.13. The van der Waals surface area contributed by atoms with Gasteiger partial charge in [-0.1, -0.05) is 12.1 Å². The predicted molar refractivity (Wildman–Crippen MR) is 93.1 cm³/mol. The standard InChI is InChI=1S/C17H22N2O5S/c20-16(12-7-9-25(22,23)11-12)19-15-6-2-1-5-14(15)17(21)18-10-13-4-3-8-24-13/h1-2,5-6,12-13H,3-4,7-11H2,(H,18,21)(H,19,20). The lowest BCUT2D eigenvalue weighted by molar-refractivity contribution is -0.119. The summed E-state index contributed by atoms with van der Waals surface area (Å²) in [5.74, 6) is -1.31. The van der Waals surface area contributed by atoms with Gasteiger partial charge in [0, 0.05) is 13.2 Å². The zero-order chi connectivity index (χ0) is 17.9. The van der Waals surface area contributed by atoms with Gasteiger partial charge in [0.05, 0.1) is 34.8 Å². The minimum Gasteiger partial charge on any atom is -0.376 e. The van der Waals surface area contributed by atoms with Crippen molar-refractivity contribution in [3.63, 3.8) is 0 Å². The van der Waals surface area contributed by atoms with Gasteiger partial charge in [0.25, 0.3) is 5.91 Å². The molecule has 0 radical (unpaired) electrons. The van der Waals surface area contributed by atoms with Crippen molar-refractivity contribution >= 4 is 27.3 Å². The van der Waals surface area contributed by atoms with Crippen LogP contribution in [0.15, 0.2) is 24.3 Å². The molecule has 2 heterocycles. The molecule has 2 atom stereocenters. The third kappa shape index (κ3) is 4.58. The monoisotopic (exact) mass is 366 g/mol. The number of rotatable bonds is 5. The second kappa shape index (κ2) is 7.53. The first-order valence-corrected chi connectivity index (χ1v) is 10.3. The Balaban J connectivity index is 1.63. The normalized spacial score (nSPS) is 24.8. The first kappa shape index (κ1) is 17.9. The second-order valence-electron chi connectivity index (χ2n) is 6.48. The van der Waals surface area contributed by atoms with Gasteiger partial charge in [-0.3, -0.25) is 9.59 Å². The van der Waals surface area contributed by atoms with Crippen molar-refractivity contribution in [2.45, 2.75) is 25.4 Å². The lowest BCUT2D eigenvalue weighted by Crippen LogP contribution is -2.32. The molecule has 8 heteroatoms. The fraction of sp³-hybridized carbons (Fsp3) is 0.529. The molecule has 1 aromatic rings. The van der Waals surface area contributed by atoms with Crippen LogP contribution in [0.2, 0.25) is 0 Å². The molecule has 0 aromatic heterocycles. The molecule has 2 saturated heterocycles. The summed E-state index contributed by atoms with van der Waals surface area (Å²) in [6, 6.07) is 6.71. The number of carbonyl (C=O) groups excluding carboxylic acids is 2. The van der Waals surface area contributed by atoms with E-state index < -0.39 is 15.8 Å². The molecule has 0 aliphatic carbocycles. The first-order valence-electron chi connectivity index (χ1n) is 8.45. The number of nitrogens with one attached hydrogen (secondary N) is 2. The van der Waals surface area contributed by atoms with Gasteiger partial charge in [-0.15, -0.1) is 0 Å². The van der Waals surface area contributed by atoms with E-state index in [9.17, 15) is 18.0 Å². The molecular weight excluding hydrogens is 344 g/mol. The summed E-state index contributed by atoms with van der Waals surface area (Å²) in [6.07, 6.45) is 2.28. The van der Waals surface area contributed by atoms with Gasteiger partial charge in [0.15, 0.2) is 9.84 Å². The Kier molecular flexibility index (Phi) is 5.39. The van der Waals surface area contributed by atoms with Crippen molar-refractivity contribution in [2.75, 3.05) is 30.0 Å². The number of hydrogen-bond donors (Lipinski definition) is 2. The number of hydrogen-bond acceptors (Lipinski definition) is 5. The van der Waals surface area contributed by atoms with E-state index in [1.165, 1.54) is 0 Å². The Morgan fingerprint density at radius 1 is 1.20 bits per heavy atom. The van der Waals surface area contributed by atoms with Crippen LogP contribution in [-0.2, 0) is 19.4 Å². The molecule has 0 saturated carbocycles. The number of anilines is 1. The van der Waals surface area contributed by atoms with Gasteiger partial charge in [-0.25, -0.2) is 8.42 Å². The molecule has 2 aliphatic rings. The van der Waals surface area contributed by atoms with Crippen molar-refractivity contribution in [2.24, 2.45) is 5.92 Å². The zero-order valence-corrected chi connectivity index (χ0v) is 14.7. The minimum absolute atomic E-state index is 0.0363. The van der Waals surface area contributed by atoms with Crippen molar-refractivity contribution in [1.82, 2.24) is 5.32 Å². The van der Waals surface area contributed by atoms with Crippen LogP contribution in [0.3, 0.4) is 0 Å². The van der Waals surface area contributed by atoms with Gasteiger partial charge < -0.3 is 15.4 Å². The first-order chi connectivity index (χ1) is 11.9. The highest BCUT2D eigenvalue weighted by Crippen LogP contribution is 2.22. The second-order valence-corrected chi connectivity index (χ2v) is 8.71. The summed E-state index contributed by atoms with van der Waals surface area (Å²) >= 11 is 0. The topological polar surface area (TPSA) is 102 Å².